The first-order valence-electron chi connectivity index (χ1n) is 10.2. The quantitative estimate of drug-likeness (QED) is 0.702. The molecule has 2 aromatic rings. The Morgan fingerprint density at radius 1 is 0.900 bits per heavy atom. The van der Waals surface area contributed by atoms with Crippen molar-refractivity contribution in [1.82, 2.24) is 0 Å². The van der Waals surface area contributed by atoms with Crippen molar-refractivity contribution in [3.05, 3.63) is 89.2 Å². The van der Waals surface area contributed by atoms with Crippen molar-refractivity contribution in [2.24, 2.45) is 5.92 Å². The lowest BCUT2D eigenvalue weighted by Gasteiger charge is -2.31. The van der Waals surface area contributed by atoms with Gasteiger partial charge in [-0.15, -0.1) is 0 Å². The average Bonchev–Trinajstić information content (AvgIpc) is 2.77. The number of hydrogen-bond acceptors (Lipinski definition) is 3. The van der Waals surface area contributed by atoms with Gasteiger partial charge in [0.15, 0.2) is 5.60 Å². The van der Waals surface area contributed by atoms with Crippen LogP contribution in [0.1, 0.15) is 43.9 Å². The van der Waals surface area contributed by atoms with Gasteiger partial charge in [-0.25, -0.2) is 0 Å². The van der Waals surface area contributed by atoms with Gasteiger partial charge in [-0.05, 0) is 59.4 Å². The SMILES string of the molecule is COC1=CCC(C(O)(C#Cc2ccc(C(C)(C)C)cc2)c2ccc(OC)cc2)C=C1. The first kappa shape index (κ1) is 21.7. The molecule has 0 saturated carbocycles. The molecular formula is C27H30O3. The summed E-state index contributed by atoms with van der Waals surface area (Å²) < 4.78 is 10.6. The fourth-order valence-corrected chi connectivity index (χ4v) is 3.51. The molecule has 3 heteroatoms. The molecule has 1 N–H and O–H groups in total. The molecule has 2 unspecified atom stereocenters. The van der Waals surface area contributed by atoms with Crippen molar-refractivity contribution in [1.29, 1.82) is 0 Å². The predicted octanol–water partition coefficient (Wildman–Crippen LogP) is 5.34. The van der Waals surface area contributed by atoms with Gasteiger partial charge < -0.3 is 14.6 Å². The van der Waals surface area contributed by atoms with Gasteiger partial charge in [0.2, 0.25) is 0 Å². The lowest BCUT2D eigenvalue weighted by Crippen LogP contribution is -2.33. The largest absolute Gasteiger partial charge is 0.497 e. The standard InChI is InChI=1S/C27H30O3/c1-26(2,3)21-8-6-20(7-9-21)18-19-27(28,22-10-14-24(29-4)15-11-22)23-12-16-25(30-5)17-13-23/h6-12,14-17,23,28H,13H2,1-5H3. The third kappa shape index (κ3) is 4.78. The van der Waals surface area contributed by atoms with Crippen LogP contribution < -0.4 is 4.74 Å². The molecule has 3 nitrogen and oxygen atoms in total. The van der Waals surface area contributed by atoms with E-state index in [4.69, 9.17) is 9.47 Å². The van der Waals surface area contributed by atoms with Crippen LogP contribution >= 0.6 is 0 Å². The summed E-state index contributed by atoms with van der Waals surface area (Å²) in [5.41, 5.74) is 1.63. The molecule has 30 heavy (non-hydrogen) atoms. The van der Waals surface area contributed by atoms with Crippen LogP contribution in [0.25, 0.3) is 0 Å². The zero-order valence-electron chi connectivity index (χ0n) is 18.4. The van der Waals surface area contributed by atoms with Crippen molar-refractivity contribution < 1.29 is 14.6 Å². The highest BCUT2D eigenvalue weighted by Crippen LogP contribution is 2.36. The third-order valence-corrected chi connectivity index (χ3v) is 5.52. The molecule has 3 rings (SSSR count). The predicted molar refractivity (Wildman–Crippen MR) is 121 cm³/mol. The van der Waals surface area contributed by atoms with Gasteiger partial charge in [-0.1, -0.05) is 63.0 Å². The average molecular weight is 403 g/mol. The van der Waals surface area contributed by atoms with Crippen LogP contribution in [0.4, 0.5) is 0 Å². The Morgan fingerprint density at radius 2 is 1.53 bits per heavy atom. The highest BCUT2D eigenvalue weighted by atomic mass is 16.5. The van der Waals surface area contributed by atoms with Crippen molar-refractivity contribution >= 4 is 0 Å². The fraction of sp³-hybridized carbons (Fsp3) is 0.333. The van der Waals surface area contributed by atoms with Crippen molar-refractivity contribution in [3.63, 3.8) is 0 Å². The molecule has 0 heterocycles. The summed E-state index contributed by atoms with van der Waals surface area (Å²) in [7, 11) is 3.27. The maximum Gasteiger partial charge on any atom is 0.157 e. The zero-order chi connectivity index (χ0) is 21.8. The Balaban J connectivity index is 1.97. The Labute approximate surface area is 180 Å². The maximum atomic E-state index is 11.7. The van der Waals surface area contributed by atoms with Crippen molar-refractivity contribution in [3.8, 4) is 17.6 Å². The topological polar surface area (TPSA) is 38.7 Å². The molecule has 0 aliphatic heterocycles. The molecule has 2 atom stereocenters. The van der Waals surface area contributed by atoms with E-state index in [0.717, 1.165) is 22.6 Å². The second-order valence-corrected chi connectivity index (χ2v) is 8.58. The summed E-state index contributed by atoms with van der Waals surface area (Å²) in [5, 5.41) is 11.7. The van der Waals surface area contributed by atoms with Gasteiger partial charge in [0.1, 0.15) is 11.5 Å². The summed E-state index contributed by atoms with van der Waals surface area (Å²) >= 11 is 0. The van der Waals surface area contributed by atoms with E-state index in [1.54, 1.807) is 14.2 Å². The molecule has 0 fully saturated rings. The molecule has 0 saturated heterocycles. The number of aliphatic hydroxyl groups is 1. The smallest absolute Gasteiger partial charge is 0.157 e. The molecule has 0 amide bonds. The van der Waals surface area contributed by atoms with Crippen molar-refractivity contribution in [2.45, 2.75) is 38.2 Å². The van der Waals surface area contributed by atoms with Crippen LogP contribution in [0.2, 0.25) is 0 Å². The number of benzene rings is 2. The lowest BCUT2D eigenvalue weighted by atomic mass is 9.78. The van der Waals surface area contributed by atoms with E-state index in [1.165, 1.54) is 5.56 Å². The molecule has 0 spiro atoms. The van der Waals surface area contributed by atoms with Gasteiger partial charge in [0.25, 0.3) is 0 Å². The van der Waals surface area contributed by atoms with Crippen LogP contribution in [0.3, 0.4) is 0 Å². The van der Waals surface area contributed by atoms with E-state index in [2.05, 4.69) is 44.7 Å². The van der Waals surface area contributed by atoms with Crippen LogP contribution in [0.15, 0.2) is 72.5 Å². The van der Waals surface area contributed by atoms with Crippen LogP contribution in [0.5, 0.6) is 5.75 Å². The summed E-state index contributed by atoms with van der Waals surface area (Å²) in [6.45, 7) is 6.56. The highest BCUT2D eigenvalue weighted by molar-refractivity contribution is 5.44. The van der Waals surface area contributed by atoms with E-state index in [1.807, 2.05) is 54.6 Å². The van der Waals surface area contributed by atoms with Crippen LogP contribution in [0, 0.1) is 17.8 Å². The van der Waals surface area contributed by atoms with Crippen LogP contribution in [-0.2, 0) is 15.8 Å². The minimum Gasteiger partial charge on any atom is -0.497 e. The molecule has 0 aromatic heterocycles. The number of hydrogen-bond donors (Lipinski definition) is 1. The second-order valence-electron chi connectivity index (χ2n) is 8.58. The zero-order valence-corrected chi connectivity index (χ0v) is 18.4. The van der Waals surface area contributed by atoms with Gasteiger partial charge in [-0.2, -0.15) is 0 Å². The minimum absolute atomic E-state index is 0.0913. The minimum atomic E-state index is -1.33. The van der Waals surface area contributed by atoms with Crippen LogP contribution in [-0.4, -0.2) is 19.3 Å². The third-order valence-electron chi connectivity index (χ3n) is 5.52. The second kappa shape index (κ2) is 8.81. The van der Waals surface area contributed by atoms with Gasteiger partial charge in [-0.3, -0.25) is 0 Å². The monoisotopic (exact) mass is 402 g/mol. The Kier molecular flexibility index (Phi) is 6.39. The van der Waals surface area contributed by atoms with Gasteiger partial charge in [0, 0.05) is 11.5 Å². The van der Waals surface area contributed by atoms with E-state index < -0.39 is 5.60 Å². The number of rotatable bonds is 4. The highest BCUT2D eigenvalue weighted by Gasteiger charge is 2.36. The van der Waals surface area contributed by atoms with E-state index in [-0.39, 0.29) is 11.3 Å². The van der Waals surface area contributed by atoms with E-state index >= 15 is 0 Å². The summed E-state index contributed by atoms with van der Waals surface area (Å²) in [5.74, 6) is 7.72. The van der Waals surface area contributed by atoms with E-state index in [0.29, 0.717) is 6.42 Å². The molecule has 156 valence electrons. The molecular weight excluding hydrogens is 372 g/mol. The Morgan fingerprint density at radius 3 is 2.03 bits per heavy atom. The van der Waals surface area contributed by atoms with Crippen molar-refractivity contribution in [2.75, 3.05) is 14.2 Å². The number of methoxy groups -OCH3 is 2. The molecule has 2 aromatic carbocycles. The van der Waals surface area contributed by atoms with Gasteiger partial charge >= 0.3 is 0 Å². The number of ether oxygens (including phenoxy) is 2. The molecule has 0 radical (unpaired) electrons. The first-order valence-corrected chi connectivity index (χ1v) is 10.2. The summed E-state index contributed by atoms with van der Waals surface area (Å²) in [6.07, 6.45) is 6.49. The molecule has 1 aliphatic carbocycles. The molecule has 1 aliphatic rings. The number of allylic oxidation sites excluding steroid dienone is 2. The molecule has 0 bridgehead atoms. The Bertz CT molecular complexity index is 980. The summed E-state index contributed by atoms with van der Waals surface area (Å²) in [4.78, 5) is 0. The normalized spacial score (nSPS) is 17.9. The lowest BCUT2D eigenvalue weighted by molar-refractivity contribution is 0.0545. The maximum absolute atomic E-state index is 11.7. The Hall–Kier alpha value is -2.96. The summed E-state index contributed by atoms with van der Waals surface area (Å²) in [6, 6.07) is 15.7. The first-order chi connectivity index (χ1) is 14.3. The van der Waals surface area contributed by atoms with E-state index in [9.17, 15) is 5.11 Å². The fourth-order valence-electron chi connectivity index (χ4n) is 3.51. The van der Waals surface area contributed by atoms with Gasteiger partial charge in [0.05, 0.1) is 14.2 Å².